The molecule has 0 aromatic carbocycles. The Bertz CT molecular complexity index is 441. The van der Waals surface area contributed by atoms with Crippen LogP contribution in [0.1, 0.15) is 79.1 Å². The second-order valence-electron chi connectivity index (χ2n) is 10.2. The van der Waals surface area contributed by atoms with E-state index in [9.17, 15) is 5.11 Å². The molecule has 0 heterocycles. The van der Waals surface area contributed by atoms with E-state index in [-0.39, 0.29) is 6.10 Å². The van der Waals surface area contributed by atoms with Crippen molar-refractivity contribution in [3.8, 4) is 0 Å². The fraction of sp³-hybridized carbons (Fsp3) is 1.00. The van der Waals surface area contributed by atoms with Gasteiger partial charge in [0.15, 0.2) is 0 Å². The first-order valence-electron chi connectivity index (χ1n) is 9.47. The monoisotopic (exact) mass is 290 g/mol. The number of aliphatic hydroxyl groups excluding tert-OH is 1. The number of aliphatic hydroxyl groups is 1. The maximum Gasteiger partial charge on any atom is 0.0551 e. The molecule has 2 bridgehead atoms. The van der Waals surface area contributed by atoms with Gasteiger partial charge < -0.3 is 5.11 Å². The van der Waals surface area contributed by atoms with Crippen LogP contribution in [0.4, 0.5) is 0 Å². The van der Waals surface area contributed by atoms with Crippen molar-refractivity contribution in [3.05, 3.63) is 0 Å². The molecule has 0 amide bonds. The second-order valence-corrected chi connectivity index (χ2v) is 10.2. The predicted octanol–water partition coefficient (Wildman–Crippen LogP) is 5.03. The van der Waals surface area contributed by atoms with Crippen molar-refractivity contribution < 1.29 is 5.11 Å². The molecule has 1 spiro atoms. The molecule has 0 aromatic rings. The van der Waals surface area contributed by atoms with Gasteiger partial charge in [-0.05, 0) is 91.3 Å². The molecule has 21 heavy (non-hydrogen) atoms. The lowest BCUT2D eigenvalue weighted by atomic mass is 9.39. The van der Waals surface area contributed by atoms with E-state index >= 15 is 0 Å². The Morgan fingerprint density at radius 3 is 2.48 bits per heavy atom. The van der Waals surface area contributed by atoms with Crippen LogP contribution in [0.25, 0.3) is 0 Å². The Labute approximate surface area is 130 Å². The molecular formula is C20H34O. The summed E-state index contributed by atoms with van der Waals surface area (Å²) in [5.74, 6) is 3.73. The second kappa shape index (κ2) is 4.28. The van der Waals surface area contributed by atoms with Crippen molar-refractivity contribution in [2.45, 2.75) is 85.2 Å². The fourth-order valence-corrected chi connectivity index (χ4v) is 8.09. The Kier molecular flexibility index (Phi) is 2.96. The van der Waals surface area contributed by atoms with Crippen LogP contribution in [0.3, 0.4) is 0 Å². The Morgan fingerprint density at radius 1 is 0.952 bits per heavy atom. The highest BCUT2D eigenvalue weighted by Gasteiger charge is 2.67. The maximum absolute atomic E-state index is 10.6. The Hall–Kier alpha value is -0.0400. The summed E-state index contributed by atoms with van der Waals surface area (Å²) in [6.07, 6.45) is 10.8. The lowest BCUT2D eigenvalue weighted by Gasteiger charge is -2.66. The zero-order valence-electron chi connectivity index (χ0n) is 14.5. The van der Waals surface area contributed by atoms with Gasteiger partial charge in [-0.1, -0.05) is 27.7 Å². The van der Waals surface area contributed by atoms with Crippen LogP contribution in [0.2, 0.25) is 0 Å². The van der Waals surface area contributed by atoms with Gasteiger partial charge in [-0.15, -0.1) is 0 Å². The number of hydrogen-bond acceptors (Lipinski definition) is 1. The van der Waals surface area contributed by atoms with E-state index in [0.717, 1.165) is 36.5 Å². The highest BCUT2D eigenvalue weighted by molar-refractivity contribution is 5.16. The van der Waals surface area contributed by atoms with Gasteiger partial charge in [-0.25, -0.2) is 0 Å². The molecule has 4 saturated carbocycles. The molecular weight excluding hydrogens is 256 g/mol. The van der Waals surface area contributed by atoms with Crippen molar-refractivity contribution in [3.63, 3.8) is 0 Å². The summed E-state index contributed by atoms with van der Waals surface area (Å²) in [6.45, 7) is 9.96. The first-order chi connectivity index (χ1) is 9.78. The van der Waals surface area contributed by atoms with Crippen LogP contribution in [-0.4, -0.2) is 11.2 Å². The SMILES string of the molecule is C[C@@H]1CC[C@@]23C[C@@H]1C[C@@H]2CC[C@H]1C(C)(C)C[C@H](O)C[C@@]13C. The van der Waals surface area contributed by atoms with E-state index < -0.39 is 0 Å². The minimum absolute atomic E-state index is 0.0622. The van der Waals surface area contributed by atoms with Gasteiger partial charge in [0.1, 0.15) is 0 Å². The Balaban J connectivity index is 1.78. The van der Waals surface area contributed by atoms with Crippen LogP contribution in [-0.2, 0) is 0 Å². The van der Waals surface area contributed by atoms with Gasteiger partial charge in [0.05, 0.1) is 6.10 Å². The molecule has 1 N–H and O–H groups in total. The van der Waals surface area contributed by atoms with E-state index in [4.69, 9.17) is 0 Å². The summed E-state index contributed by atoms with van der Waals surface area (Å²) in [5, 5.41) is 10.6. The van der Waals surface area contributed by atoms with Gasteiger partial charge in [0.25, 0.3) is 0 Å². The van der Waals surface area contributed by atoms with E-state index in [1.807, 2.05) is 0 Å². The molecule has 4 rings (SSSR count). The molecule has 120 valence electrons. The largest absolute Gasteiger partial charge is 0.393 e. The minimum Gasteiger partial charge on any atom is -0.393 e. The molecule has 0 saturated heterocycles. The average molecular weight is 290 g/mol. The quantitative estimate of drug-likeness (QED) is 0.663. The van der Waals surface area contributed by atoms with E-state index in [2.05, 4.69) is 27.7 Å². The van der Waals surface area contributed by atoms with Crippen LogP contribution in [0.15, 0.2) is 0 Å². The molecule has 0 radical (unpaired) electrons. The molecule has 4 aliphatic carbocycles. The molecule has 0 unspecified atom stereocenters. The van der Waals surface area contributed by atoms with E-state index in [1.165, 1.54) is 38.5 Å². The summed E-state index contributed by atoms with van der Waals surface area (Å²) in [5.41, 5.74) is 1.30. The zero-order valence-corrected chi connectivity index (χ0v) is 14.5. The average Bonchev–Trinajstić information content (AvgIpc) is 2.69. The third-order valence-electron chi connectivity index (χ3n) is 8.92. The molecule has 0 aliphatic heterocycles. The fourth-order valence-electron chi connectivity index (χ4n) is 8.09. The summed E-state index contributed by atoms with van der Waals surface area (Å²) in [7, 11) is 0. The first-order valence-corrected chi connectivity index (χ1v) is 9.47. The van der Waals surface area contributed by atoms with Gasteiger partial charge in [-0.3, -0.25) is 0 Å². The molecule has 0 aromatic heterocycles. The van der Waals surface area contributed by atoms with Crippen molar-refractivity contribution >= 4 is 0 Å². The van der Waals surface area contributed by atoms with Crippen molar-refractivity contribution in [2.24, 2.45) is 39.9 Å². The molecule has 7 atom stereocenters. The number of hydrogen-bond donors (Lipinski definition) is 1. The summed E-state index contributed by atoms with van der Waals surface area (Å²) in [6, 6.07) is 0. The highest BCUT2D eigenvalue weighted by atomic mass is 16.3. The standard InChI is InChI=1S/C20H34O/c1-13-7-8-20-10-14(13)9-15(20)5-6-17-18(2,3)11-16(21)12-19(17,20)4/h13-17,21H,5-12H2,1-4H3/t13-,14+,15+,16+,17+,19+,20-/m1/s1. The summed E-state index contributed by atoms with van der Waals surface area (Å²) >= 11 is 0. The number of fused-ring (bicyclic) bond motifs is 2. The van der Waals surface area contributed by atoms with Crippen molar-refractivity contribution in [1.29, 1.82) is 0 Å². The van der Waals surface area contributed by atoms with Crippen LogP contribution >= 0.6 is 0 Å². The predicted molar refractivity (Wildman–Crippen MR) is 86.9 cm³/mol. The smallest absolute Gasteiger partial charge is 0.0551 e. The van der Waals surface area contributed by atoms with Gasteiger partial charge >= 0.3 is 0 Å². The summed E-state index contributed by atoms with van der Waals surface area (Å²) in [4.78, 5) is 0. The maximum atomic E-state index is 10.6. The molecule has 4 aliphatic rings. The zero-order chi connectivity index (χ0) is 15.0. The van der Waals surface area contributed by atoms with Crippen LogP contribution < -0.4 is 0 Å². The Morgan fingerprint density at radius 2 is 1.71 bits per heavy atom. The molecule has 1 nitrogen and oxygen atoms in total. The van der Waals surface area contributed by atoms with Crippen LogP contribution in [0.5, 0.6) is 0 Å². The molecule has 1 heteroatoms. The first kappa shape index (κ1) is 14.5. The third kappa shape index (κ3) is 1.73. The minimum atomic E-state index is -0.0622. The third-order valence-corrected chi connectivity index (χ3v) is 8.92. The lowest BCUT2D eigenvalue weighted by molar-refractivity contribution is -0.185. The van der Waals surface area contributed by atoms with Crippen molar-refractivity contribution in [1.82, 2.24) is 0 Å². The topological polar surface area (TPSA) is 20.2 Å². The van der Waals surface area contributed by atoms with Crippen LogP contribution in [0, 0.1) is 39.9 Å². The summed E-state index contributed by atoms with van der Waals surface area (Å²) < 4.78 is 0. The molecule has 4 fully saturated rings. The number of rotatable bonds is 0. The highest BCUT2D eigenvalue weighted by Crippen LogP contribution is 2.74. The van der Waals surface area contributed by atoms with Gasteiger partial charge in [-0.2, -0.15) is 0 Å². The van der Waals surface area contributed by atoms with Crippen molar-refractivity contribution in [2.75, 3.05) is 0 Å². The van der Waals surface area contributed by atoms with Gasteiger partial charge in [0, 0.05) is 0 Å². The lowest BCUT2D eigenvalue weighted by Crippen LogP contribution is -2.59. The van der Waals surface area contributed by atoms with E-state index in [1.54, 1.807) is 0 Å². The normalized spacial score (nSPS) is 58.4. The van der Waals surface area contributed by atoms with Gasteiger partial charge in [0.2, 0.25) is 0 Å². The van der Waals surface area contributed by atoms with E-state index in [0.29, 0.717) is 16.2 Å².